The third-order valence-corrected chi connectivity index (χ3v) is 8.92. The highest BCUT2D eigenvalue weighted by atomic mass is 32.2. The van der Waals surface area contributed by atoms with Crippen LogP contribution in [0.2, 0.25) is 0 Å². The van der Waals surface area contributed by atoms with E-state index in [0.29, 0.717) is 18.7 Å². The van der Waals surface area contributed by atoms with Gasteiger partial charge in [-0.1, -0.05) is 80.4 Å². The summed E-state index contributed by atoms with van der Waals surface area (Å²) in [5, 5.41) is 2.95. The van der Waals surface area contributed by atoms with Crippen molar-refractivity contribution in [3.8, 4) is 0 Å². The first kappa shape index (κ1) is 30.9. The third kappa shape index (κ3) is 7.50. The fourth-order valence-electron chi connectivity index (χ4n) is 4.56. The summed E-state index contributed by atoms with van der Waals surface area (Å²) in [6.07, 6.45) is 2.17. The average Bonchev–Trinajstić information content (AvgIpc) is 2.94. The van der Waals surface area contributed by atoms with Crippen LogP contribution in [-0.2, 0) is 26.2 Å². The van der Waals surface area contributed by atoms with Crippen LogP contribution in [0.1, 0.15) is 55.4 Å². The molecule has 1 N–H and O–H groups in total. The van der Waals surface area contributed by atoms with Gasteiger partial charge in [0.05, 0.1) is 10.6 Å². The summed E-state index contributed by atoms with van der Waals surface area (Å²) in [4.78, 5) is 29.0. The minimum atomic E-state index is -4.10. The van der Waals surface area contributed by atoms with Crippen LogP contribution in [-0.4, -0.2) is 44.3 Å². The number of benzene rings is 3. The summed E-state index contributed by atoms with van der Waals surface area (Å²) >= 11 is 0. The van der Waals surface area contributed by atoms with E-state index in [4.69, 9.17) is 0 Å². The number of carbonyl (C=O) groups is 2. The molecular weight excluding hydrogens is 522 g/mol. The predicted molar refractivity (Wildman–Crippen MR) is 161 cm³/mol. The second-order valence-electron chi connectivity index (χ2n) is 10.1. The molecule has 2 amide bonds. The zero-order valence-electron chi connectivity index (χ0n) is 24.2. The standard InChI is InChI=1S/C32H41N3O4S/c1-6-8-21-33-32(37)29(7-2)34(22-27-14-10-9-11-15-27)31(36)23-35(30-16-12-13-25(4)26(30)5)40(38,39)28-19-17-24(3)18-20-28/h9-20,29H,6-8,21-23H2,1-5H3,(H,33,37)/t29-/m1/s1. The van der Waals surface area contributed by atoms with Crippen molar-refractivity contribution in [2.75, 3.05) is 17.4 Å². The molecule has 0 aliphatic heterocycles. The summed E-state index contributed by atoms with van der Waals surface area (Å²) in [6.45, 7) is 9.83. The summed E-state index contributed by atoms with van der Waals surface area (Å²) in [6, 6.07) is 20.7. The molecule has 0 saturated carbocycles. The number of nitrogens with one attached hydrogen (secondary N) is 1. The fraction of sp³-hybridized carbons (Fsp3) is 0.375. The molecule has 0 bridgehead atoms. The Morgan fingerprint density at radius 1 is 0.875 bits per heavy atom. The Morgan fingerprint density at radius 3 is 2.17 bits per heavy atom. The molecule has 0 spiro atoms. The molecule has 3 aromatic carbocycles. The molecule has 0 fully saturated rings. The molecule has 7 nitrogen and oxygen atoms in total. The summed E-state index contributed by atoms with van der Waals surface area (Å²) < 4.78 is 29.3. The zero-order valence-corrected chi connectivity index (χ0v) is 25.0. The van der Waals surface area contributed by atoms with Crippen LogP contribution in [0.4, 0.5) is 5.69 Å². The number of hydrogen-bond donors (Lipinski definition) is 1. The molecule has 0 aliphatic rings. The van der Waals surface area contributed by atoms with E-state index in [1.165, 1.54) is 9.21 Å². The van der Waals surface area contributed by atoms with E-state index in [0.717, 1.165) is 35.1 Å². The normalized spacial score (nSPS) is 12.0. The molecule has 0 aliphatic carbocycles. The van der Waals surface area contributed by atoms with E-state index < -0.39 is 28.5 Å². The van der Waals surface area contributed by atoms with Gasteiger partial charge in [-0.2, -0.15) is 0 Å². The molecule has 0 radical (unpaired) electrons. The lowest BCUT2D eigenvalue weighted by Crippen LogP contribution is -2.52. The van der Waals surface area contributed by atoms with Crippen molar-refractivity contribution in [1.82, 2.24) is 10.2 Å². The molecule has 3 rings (SSSR count). The maximum atomic E-state index is 14.1. The number of aryl methyl sites for hydroxylation is 2. The van der Waals surface area contributed by atoms with Gasteiger partial charge in [-0.3, -0.25) is 13.9 Å². The predicted octanol–water partition coefficient (Wildman–Crippen LogP) is 5.53. The Balaban J connectivity index is 2.06. The van der Waals surface area contributed by atoms with E-state index in [9.17, 15) is 18.0 Å². The van der Waals surface area contributed by atoms with Gasteiger partial charge in [0, 0.05) is 13.1 Å². The van der Waals surface area contributed by atoms with Crippen LogP contribution >= 0.6 is 0 Å². The topological polar surface area (TPSA) is 86.8 Å². The molecule has 0 saturated heterocycles. The van der Waals surface area contributed by atoms with E-state index in [1.807, 2.05) is 71.0 Å². The second-order valence-corrected chi connectivity index (χ2v) is 12.0. The number of unbranched alkanes of at least 4 members (excludes halogenated alkanes) is 1. The number of nitrogens with zero attached hydrogens (tertiary/aromatic N) is 2. The number of sulfonamides is 1. The van der Waals surface area contributed by atoms with Gasteiger partial charge < -0.3 is 10.2 Å². The van der Waals surface area contributed by atoms with Crippen LogP contribution in [0.5, 0.6) is 0 Å². The average molecular weight is 564 g/mol. The zero-order chi connectivity index (χ0) is 29.3. The van der Waals surface area contributed by atoms with Crippen molar-refractivity contribution in [2.45, 2.75) is 71.4 Å². The van der Waals surface area contributed by atoms with Gasteiger partial charge in [0.2, 0.25) is 11.8 Å². The van der Waals surface area contributed by atoms with Crippen molar-refractivity contribution >= 4 is 27.5 Å². The minimum absolute atomic E-state index is 0.103. The lowest BCUT2D eigenvalue weighted by molar-refractivity contribution is -0.140. The molecule has 0 heterocycles. The van der Waals surface area contributed by atoms with Gasteiger partial charge in [-0.15, -0.1) is 0 Å². The first-order valence-corrected chi connectivity index (χ1v) is 15.3. The van der Waals surface area contributed by atoms with Gasteiger partial charge >= 0.3 is 0 Å². The third-order valence-electron chi connectivity index (χ3n) is 7.14. The van der Waals surface area contributed by atoms with Gasteiger partial charge in [0.25, 0.3) is 10.0 Å². The molecule has 8 heteroatoms. The van der Waals surface area contributed by atoms with E-state index in [-0.39, 0.29) is 17.3 Å². The SMILES string of the molecule is CCCCNC(=O)[C@@H](CC)N(Cc1ccccc1)C(=O)CN(c1cccc(C)c1C)S(=O)(=O)c1ccc(C)cc1. The quantitative estimate of drug-likeness (QED) is 0.277. The van der Waals surface area contributed by atoms with Crippen molar-refractivity contribution in [3.05, 3.63) is 95.1 Å². The number of anilines is 1. The van der Waals surface area contributed by atoms with Crippen LogP contribution < -0.4 is 9.62 Å². The van der Waals surface area contributed by atoms with E-state index in [1.54, 1.807) is 36.4 Å². The first-order chi connectivity index (χ1) is 19.1. The largest absolute Gasteiger partial charge is 0.354 e. The maximum Gasteiger partial charge on any atom is 0.264 e. The summed E-state index contributed by atoms with van der Waals surface area (Å²) in [5.74, 6) is -0.683. The first-order valence-electron chi connectivity index (χ1n) is 13.9. The summed E-state index contributed by atoms with van der Waals surface area (Å²) in [7, 11) is -4.10. The second kappa shape index (κ2) is 14.1. The van der Waals surface area contributed by atoms with Gasteiger partial charge in [0.1, 0.15) is 12.6 Å². The molecule has 1 atom stereocenters. The van der Waals surface area contributed by atoms with Crippen LogP contribution in [0.25, 0.3) is 0 Å². The number of rotatable bonds is 13. The van der Waals surface area contributed by atoms with Crippen molar-refractivity contribution in [2.24, 2.45) is 0 Å². The lowest BCUT2D eigenvalue weighted by atomic mass is 10.1. The fourth-order valence-corrected chi connectivity index (χ4v) is 6.03. The molecule has 3 aromatic rings. The smallest absolute Gasteiger partial charge is 0.264 e. The van der Waals surface area contributed by atoms with Crippen molar-refractivity contribution < 1.29 is 18.0 Å². The van der Waals surface area contributed by atoms with Crippen LogP contribution in [0.15, 0.2) is 77.7 Å². The molecular formula is C32H41N3O4S. The van der Waals surface area contributed by atoms with Gasteiger partial charge in [-0.05, 0) is 68.5 Å². The Bertz CT molecular complexity index is 1390. The monoisotopic (exact) mass is 563 g/mol. The van der Waals surface area contributed by atoms with E-state index in [2.05, 4.69) is 5.32 Å². The molecule has 214 valence electrons. The van der Waals surface area contributed by atoms with Gasteiger partial charge in [0.15, 0.2) is 0 Å². The highest BCUT2D eigenvalue weighted by molar-refractivity contribution is 7.92. The molecule has 0 aromatic heterocycles. The van der Waals surface area contributed by atoms with Gasteiger partial charge in [-0.25, -0.2) is 8.42 Å². The van der Waals surface area contributed by atoms with Crippen LogP contribution in [0.3, 0.4) is 0 Å². The molecule has 40 heavy (non-hydrogen) atoms. The Morgan fingerprint density at radius 2 is 1.55 bits per heavy atom. The highest BCUT2D eigenvalue weighted by Gasteiger charge is 2.34. The minimum Gasteiger partial charge on any atom is -0.354 e. The number of amides is 2. The van der Waals surface area contributed by atoms with E-state index >= 15 is 0 Å². The summed E-state index contributed by atoms with van der Waals surface area (Å²) in [5.41, 5.74) is 3.91. The number of hydrogen-bond acceptors (Lipinski definition) is 4. The van der Waals surface area contributed by atoms with Crippen molar-refractivity contribution in [3.63, 3.8) is 0 Å². The Labute approximate surface area is 239 Å². The highest BCUT2D eigenvalue weighted by Crippen LogP contribution is 2.29. The maximum absolute atomic E-state index is 14.1. The Kier molecular flexibility index (Phi) is 10.9. The number of carbonyl (C=O) groups excluding carboxylic acids is 2. The lowest BCUT2D eigenvalue weighted by Gasteiger charge is -2.33. The van der Waals surface area contributed by atoms with Crippen LogP contribution in [0, 0.1) is 20.8 Å². The molecule has 0 unspecified atom stereocenters. The van der Waals surface area contributed by atoms with Crippen molar-refractivity contribution in [1.29, 1.82) is 0 Å². The Hall–Kier alpha value is -3.65.